The van der Waals surface area contributed by atoms with Gasteiger partial charge in [-0.05, 0) is 180 Å². The molecule has 0 aliphatic carbocycles. The topological polar surface area (TPSA) is 60.7 Å². The highest BCUT2D eigenvalue weighted by atomic mass is 16.3. The summed E-state index contributed by atoms with van der Waals surface area (Å²) in [7, 11) is 0. The van der Waals surface area contributed by atoms with E-state index in [-0.39, 0.29) is 16.2 Å². The standard InChI is InChI=1S/C48H66O3/c1-28-22-34(25-40(43(28)49)46(7,8)9)16-19-37-31(4)38(20-17-35-23-29(2)44(50)41(26-35)47(10,11)12)33(6)39(32(37)5)21-18-36-24-30(3)45(51)42(27-36)48(13,14)15/h22-27,49-51H,16-21H2,1-15H3. The Balaban J connectivity index is 1.78. The van der Waals surface area contributed by atoms with E-state index in [4.69, 9.17) is 0 Å². The molecule has 276 valence electrons. The van der Waals surface area contributed by atoms with Gasteiger partial charge in [0.25, 0.3) is 0 Å². The van der Waals surface area contributed by atoms with Crippen LogP contribution in [0.3, 0.4) is 0 Å². The van der Waals surface area contributed by atoms with Gasteiger partial charge in [0, 0.05) is 0 Å². The highest BCUT2D eigenvalue weighted by Crippen LogP contribution is 2.38. The Bertz CT molecular complexity index is 1680. The molecular weight excluding hydrogens is 625 g/mol. The first kappa shape index (κ1) is 40.1. The Morgan fingerprint density at radius 2 is 0.569 bits per heavy atom. The highest BCUT2D eigenvalue weighted by Gasteiger charge is 2.24. The van der Waals surface area contributed by atoms with E-state index in [2.05, 4.69) is 119 Å². The van der Waals surface area contributed by atoms with Crippen LogP contribution in [0.25, 0.3) is 0 Å². The molecule has 0 aliphatic heterocycles. The van der Waals surface area contributed by atoms with Crippen molar-refractivity contribution in [2.45, 2.75) is 159 Å². The second kappa shape index (κ2) is 14.7. The van der Waals surface area contributed by atoms with Crippen molar-refractivity contribution in [2.24, 2.45) is 0 Å². The van der Waals surface area contributed by atoms with E-state index in [9.17, 15) is 15.3 Å². The molecule has 0 saturated carbocycles. The molecule has 0 fully saturated rings. The number of phenolic OH excluding ortho intramolecular Hbond substituents is 3. The molecule has 3 heteroatoms. The summed E-state index contributed by atoms with van der Waals surface area (Å²) >= 11 is 0. The molecule has 4 rings (SSSR count). The summed E-state index contributed by atoms with van der Waals surface area (Å²) < 4.78 is 0. The predicted octanol–water partition coefficient (Wildman–Crippen LogP) is 11.9. The van der Waals surface area contributed by atoms with Crippen molar-refractivity contribution < 1.29 is 15.3 Å². The molecule has 3 nitrogen and oxygen atoms in total. The molecular formula is C48H66O3. The van der Waals surface area contributed by atoms with Gasteiger partial charge in [-0.3, -0.25) is 0 Å². The van der Waals surface area contributed by atoms with Crippen molar-refractivity contribution in [3.8, 4) is 17.2 Å². The summed E-state index contributed by atoms with van der Waals surface area (Å²) in [6.45, 7) is 32.5. The van der Waals surface area contributed by atoms with Gasteiger partial charge in [-0.1, -0.05) is 98.7 Å². The molecule has 0 aliphatic rings. The van der Waals surface area contributed by atoms with Crippen LogP contribution in [-0.2, 0) is 54.8 Å². The van der Waals surface area contributed by atoms with Gasteiger partial charge >= 0.3 is 0 Å². The largest absolute Gasteiger partial charge is 0.507 e. The molecule has 0 heterocycles. The predicted molar refractivity (Wildman–Crippen MR) is 218 cm³/mol. The van der Waals surface area contributed by atoms with E-state index in [0.717, 1.165) is 71.9 Å². The average Bonchev–Trinajstić information content (AvgIpc) is 2.99. The van der Waals surface area contributed by atoms with Crippen LogP contribution < -0.4 is 0 Å². The smallest absolute Gasteiger partial charge is 0.122 e. The maximum atomic E-state index is 10.9. The van der Waals surface area contributed by atoms with Crippen molar-refractivity contribution in [1.29, 1.82) is 0 Å². The van der Waals surface area contributed by atoms with Crippen molar-refractivity contribution in [1.82, 2.24) is 0 Å². The normalized spacial score (nSPS) is 12.5. The Morgan fingerprint density at radius 3 is 0.765 bits per heavy atom. The van der Waals surface area contributed by atoms with Crippen molar-refractivity contribution in [2.75, 3.05) is 0 Å². The molecule has 0 saturated heterocycles. The lowest BCUT2D eigenvalue weighted by atomic mass is 9.80. The summed E-state index contributed by atoms with van der Waals surface area (Å²) in [6.07, 6.45) is 5.53. The summed E-state index contributed by atoms with van der Waals surface area (Å²) in [5.41, 5.74) is 17.7. The quantitative estimate of drug-likeness (QED) is 0.164. The third-order valence-corrected chi connectivity index (χ3v) is 11.2. The van der Waals surface area contributed by atoms with Gasteiger partial charge in [0.1, 0.15) is 17.2 Å². The highest BCUT2D eigenvalue weighted by molar-refractivity contribution is 5.54. The van der Waals surface area contributed by atoms with E-state index in [0.29, 0.717) is 17.2 Å². The van der Waals surface area contributed by atoms with Crippen LogP contribution in [0.2, 0.25) is 0 Å². The van der Waals surface area contributed by atoms with Crippen LogP contribution in [0.15, 0.2) is 36.4 Å². The van der Waals surface area contributed by atoms with Gasteiger partial charge in [0.05, 0.1) is 0 Å². The first-order valence-corrected chi connectivity index (χ1v) is 19.0. The van der Waals surface area contributed by atoms with E-state index in [1.165, 1.54) is 50.1 Å². The molecule has 4 aromatic rings. The molecule has 0 radical (unpaired) electrons. The Hall–Kier alpha value is -3.72. The van der Waals surface area contributed by atoms with Gasteiger partial charge in [-0.2, -0.15) is 0 Å². The number of aryl methyl sites for hydroxylation is 6. The Morgan fingerprint density at radius 1 is 0.353 bits per heavy atom. The summed E-state index contributed by atoms with van der Waals surface area (Å²) in [5, 5.41) is 32.7. The van der Waals surface area contributed by atoms with Crippen LogP contribution in [0.1, 0.15) is 146 Å². The molecule has 0 unspecified atom stereocenters. The minimum atomic E-state index is -0.139. The second-order valence-electron chi connectivity index (χ2n) is 18.5. The van der Waals surface area contributed by atoms with Crippen LogP contribution in [-0.4, -0.2) is 15.3 Å². The molecule has 0 spiro atoms. The van der Waals surface area contributed by atoms with Gasteiger partial charge in [0.15, 0.2) is 0 Å². The van der Waals surface area contributed by atoms with Crippen LogP contribution in [0.4, 0.5) is 0 Å². The monoisotopic (exact) mass is 691 g/mol. The lowest BCUT2D eigenvalue weighted by molar-refractivity contribution is 0.441. The first-order chi connectivity index (χ1) is 23.4. The summed E-state index contributed by atoms with van der Waals surface area (Å²) in [4.78, 5) is 0. The molecule has 0 bridgehead atoms. The van der Waals surface area contributed by atoms with Crippen molar-refractivity contribution in [3.05, 3.63) is 120 Å². The van der Waals surface area contributed by atoms with Gasteiger partial charge in [-0.15, -0.1) is 0 Å². The maximum Gasteiger partial charge on any atom is 0.122 e. The number of hydrogen-bond donors (Lipinski definition) is 3. The average molecular weight is 691 g/mol. The minimum Gasteiger partial charge on any atom is -0.507 e. The summed E-state index contributed by atoms with van der Waals surface area (Å²) in [6, 6.07) is 13.1. The van der Waals surface area contributed by atoms with E-state index < -0.39 is 0 Å². The van der Waals surface area contributed by atoms with Crippen LogP contribution in [0.5, 0.6) is 17.2 Å². The molecule has 4 aromatic carbocycles. The lowest BCUT2D eigenvalue weighted by Crippen LogP contribution is -2.14. The zero-order valence-electron chi connectivity index (χ0n) is 34.5. The van der Waals surface area contributed by atoms with Crippen LogP contribution in [0, 0.1) is 41.5 Å². The molecule has 0 amide bonds. The minimum absolute atomic E-state index is 0.139. The molecule has 0 aromatic heterocycles. The van der Waals surface area contributed by atoms with E-state index in [1.807, 2.05) is 20.8 Å². The van der Waals surface area contributed by atoms with E-state index in [1.54, 1.807) is 0 Å². The fourth-order valence-electron chi connectivity index (χ4n) is 8.03. The molecule has 3 N–H and O–H groups in total. The molecule has 51 heavy (non-hydrogen) atoms. The first-order valence-electron chi connectivity index (χ1n) is 19.0. The van der Waals surface area contributed by atoms with E-state index >= 15 is 0 Å². The number of phenols is 3. The fourth-order valence-corrected chi connectivity index (χ4v) is 8.03. The van der Waals surface area contributed by atoms with Gasteiger partial charge in [-0.25, -0.2) is 0 Å². The number of aromatic hydroxyl groups is 3. The molecule has 0 atom stereocenters. The van der Waals surface area contributed by atoms with Crippen LogP contribution >= 0.6 is 0 Å². The SMILES string of the molecule is Cc1cc(CCc2c(C)c(CCc3cc(C)c(O)c(C(C)(C)C)c3)c(C)c(CCc3cc(C)c(O)c(C(C)(C)C)c3)c2C)cc(C(C)(C)C)c1O. The second-order valence-corrected chi connectivity index (χ2v) is 18.5. The third-order valence-electron chi connectivity index (χ3n) is 11.2. The Kier molecular flexibility index (Phi) is 11.6. The zero-order valence-corrected chi connectivity index (χ0v) is 34.5. The number of hydrogen-bond acceptors (Lipinski definition) is 3. The maximum absolute atomic E-state index is 10.9. The fraction of sp³-hybridized carbons (Fsp3) is 0.500. The van der Waals surface area contributed by atoms with Gasteiger partial charge < -0.3 is 15.3 Å². The number of rotatable bonds is 9. The zero-order chi connectivity index (χ0) is 38.4. The van der Waals surface area contributed by atoms with Crippen molar-refractivity contribution in [3.63, 3.8) is 0 Å². The van der Waals surface area contributed by atoms with Crippen molar-refractivity contribution >= 4 is 0 Å². The summed E-state index contributed by atoms with van der Waals surface area (Å²) in [5.74, 6) is 1.24. The van der Waals surface area contributed by atoms with Gasteiger partial charge in [0.2, 0.25) is 0 Å². The number of benzene rings is 4. The lowest BCUT2D eigenvalue weighted by Gasteiger charge is -2.25. The Labute approximate surface area is 310 Å². The third kappa shape index (κ3) is 8.85.